The molecule has 2 aliphatic rings. The van der Waals surface area contributed by atoms with Crippen molar-refractivity contribution in [2.24, 2.45) is 5.92 Å². The number of fused-ring (bicyclic) bond motifs is 1. The van der Waals surface area contributed by atoms with Crippen LogP contribution in [-0.4, -0.2) is 18.2 Å². The van der Waals surface area contributed by atoms with Crippen LogP contribution in [0.1, 0.15) is 26.2 Å². The maximum Gasteiger partial charge on any atom is 0.344 e. The van der Waals surface area contributed by atoms with Crippen molar-refractivity contribution in [2.45, 2.75) is 31.9 Å². The molecule has 0 bridgehead atoms. The molecule has 72 valence electrons. The van der Waals surface area contributed by atoms with E-state index in [0.29, 0.717) is 19.4 Å². The first-order valence-electron chi connectivity index (χ1n) is 4.67. The zero-order valence-corrected chi connectivity index (χ0v) is 7.68. The van der Waals surface area contributed by atoms with Crippen LogP contribution in [0, 0.1) is 5.92 Å². The van der Waals surface area contributed by atoms with E-state index in [9.17, 15) is 9.18 Å². The molecule has 2 rings (SSSR count). The molecule has 0 spiro atoms. The van der Waals surface area contributed by atoms with Gasteiger partial charge in [0.25, 0.3) is 0 Å². The van der Waals surface area contributed by atoms with E-state index in [-0.39, 0.29) is 12.3 Å². The van der Waals surface area contributed by atoms with Crippen molar-refractivity contribution in [1.29, 1.82) is 0 Å². The predicted molar refractivity (Wildman–Crippen MR) is 45.9 cm³/mol. The monoisotopic (exact) mass is 184 g/mol. The van der Waals surface area contributed by atoms with Crippen molar-refractivity contribution in [3.05, 3.63) is 11.6 Å². The second kappa shape index (κ2) is 2.82. The van der Waals surface area contributed by atoms with Gasteiger partial charge in [0, 0.05) is 5.92 Å². The van der Waals surface area contributed by atoms with Crippen LogP contribution in [0.2, 0.25) is 0 Å². The standard InChI is InChI=1S/C10H13FO2/c1-7-3-2-5-10(11)8(7)4-6-13-9(10)12/h3,8H,2,4-6H2,1H3/t8-,10-/m0/s1. The van der Waals surface area contributed by atoms with Crippen LogP contribution < -0.4 is 0 Å². The number of cyclic esters (lactones) is 1. The molecule has 1 fully saturated rings. The first-order chi connectivity index (χ1) is 6.14. The average Bonchev–Trinajstić information content (AvgIpc) is 2.08. The highest BCUT2D eigenvalue weighted by Gasteiger charge is 2.51. The SMILES string of the molecule is CC1=CCC[C@@]2(F)C(=O)OCC[C@@H]12. The Hall–Kier alpha value is -0.860. The zero-order chi connectivity index (χ0) is 9.47. The quantitative estimate of drug-likeness (QED) is 0.425. The molecule has 2 nitrogen and oxygen atoms in total. The van der Waals surface area contributed by atoms with Gasteiger partial charge in [-0.25, -0.2) is 9.18 Å². The predicted octanol–water partition coefficient (Wildman–Crippen LogP) is 2.00. The maximum absolute atomic E-state index is 14.1. The fraction of sp³-hybridized carbons (Fsp3) is 0.700. The normalized spacial score (nSPS) is 39.1. The third-order valence-corrected chi connectivity index (χ3v) is 3.06. The Labute approximate surface area is 76.8 Å². The lowest BCUT2D eigenvalue weighted by molar-refractivity contribution is -0.170. The van der Waals surface area contributed by atoms with Gasteiger partial charge in [0.05, 0.1) is 6.61 Å². The number of rotatable bonds is 0. The second-order valence-corrected chi connectivity index (χ2v) is 3.83. The molecule has 13 heavy (non-hydrogen) atoms. The van der Waals surface area contributed by atoms with E-state index >= 15 is 0 Å². The first kappa shape index (κ1) is 8.73. The highest BCUT2D eigenvalue weighted by atomic mass is 19.1. The number of carbonyl (C=O) groups is 1. The molecule has 0 aromatic rings. The first-order valence-corrected chi connectivity index (χ1v) is 4.67. The molecule has 0 saturated carbocycles. The number of carbonyl (C=O) groups excluding carboxylic acids is 1. The van der Waals surface area contributed by atoms with E-state index in [2.05, 4.69) is 0 Å². The Morgan fingerprint density at radius 2 is 2.46 bits per heavy atom. The van der Waals surface area contributed by atoms with Crippen molar-refractivity contribution in [1.82, 2.24) is 0 Å². The summed E-state index contributed by atoms with van der Waals surface area (Å²) in [5.41, 5.74) is -0.720. The molecular formula is C10H13FO2. The number of hydrogen-bond donors (Lipinski definition) is 0. The smallest absolute Gasteiger partial charge is 0.344 e. The lowest BCUT2D eigenvalue weighted by Crippen LogP contribution is -2.49. The van der Waals surface area contributed by atoms with E-state index in [0.717, 1.165) is 5.57 Å². The van der Waals surface area contributed by atoms with Gasteiger partial charge >= 0.3 is 5.97 Å². The molecule has 1 heterocycles. The fourth-order valence-corrected chi connectivity index (χ4v) is 2.28. The number of ether oxygens (including phenoxy) is 1. The van der Waals surface area contributed by atoms with Gasteiger partial charge in [-0.15, -0.1) is 0 Å². The molecule has 2 atom stereocenters. The van der Waals surface area contributed by atoms with E-state index in [1.165, 1.54) is 0 Å². The molecule has 1 aliphatic carbocycles. The number of alkyl halides is 1. The van der Waals surface area contributed by atoms with Crippen LogP contribution in [0.25, 0.3) is 0 Å². The molecule has 1 saturated heterocycles. The summed E-state index contributed by atoms with van der Waals surface area (Å²) in [6.07, 6.45) is 3.59. The van der Waals surface area contributed by atoms with E-state index in [1.807, 2.05) is 13.0 Å². The van der Waals surface area contributed by atoms with Crippen molar-refractivity contribution in [2.75, 3.05) is 6.61 Å². The maximum atomic E-state index is 14.1. The summed E-state index contributed by atoms with van der Waals surface area (Å²) in [5.74, 6) is -0.890. The van der Waals surface area contributed by atoms with Crippen LogP contribution in [0.5, 0.6) is 0 Å². The van der Waals surface area contributed by atoms with Crippen LogP contribution in [-0.2, 0) is 9.53 Å². The summed E-state index contributed by atoms with van der Waals surface area (Å²) < 4.78 is 18.9. The molecule has 0 aromatic heterocycles. The van der Waals surface area contributed by atoms with Gasteiger partial charge in [-0.2, -0.15) is 0 Å². The summed E-state index contributed by atoms with van der Waals surface area (Å²) >= 11 is 0. The van der Waals surface area contributed by atoms with Gasteiger partial charge in [-0.1, -0.05) is 11.6 Å². The number of halogens is 1. The summed E-state index contributed by atoms with van der Waals surface area (Å²) in [6, 6.07) is 0. The Bertz CT molecular complexity index is 272. The summed E-state index contributed by atoms with van der Waals surface area (Å²) in [6.45, 7) is 2.26. The molecule has 0 aromatic carbocycles. The molecular weight excluding hydrogens is 171 g/mol. The third kappa shape index (κ3) is 1.18. The molecule has 0 radical (unpaired) electrons. The van der Waals surface area contributed by atoms with Crippen LogP contribution in [0.15, 0.2) is 11.6 Å². The topological polar surface area (TPSA) is 26.3 Å². The summed E-state index contributed by atoms with van der Waals surface area (Å²) in [7, 11) is 0. The Morgan fingerprint density at radius 3 is 3.15 bits per heavy atom. The fourth-order valence-electron chi connectivity index (χ4n) is 2.28. The van der Waals surface area contributed by atoms with Crippen LogP contribution in [0.3, 0.4) is 0 Å². The van der Waals surface area contributed by atoms with E-state index in [1.54, 1.807) is 0 Å². The highest BCUT2D eigenvalue weighted by Crippen LogP contribution is 2.42. The number of allylic oxidation sites excluding steroid dienone is 2. The Balaban J connectivity index is 2.34. The lowest BCUT2D eigenvalue weighted by atomic mass is 9.74. The Morgan fingerprint density at radius 1 is 1.69 bits per heavy atom. The molecule has 0 amide bonds. The molecule has 3 heteroatoms. The van der Waals surface area contributed by atoms with Crippen molar-refractivity contribution < 1.29 is 13.9 Å². The van der Waals surface area contributed by atoms with Gasteiger partial charge in [0.2, 0.25) is 5.67 Å². The summed E-state index contributed by atoms with van der Waals surface area (Å²) in [5, 5.41) is 0. The van der Waals surface area contributed by atoms with Crippen molar-refractivity contribution >= 4 is 5.97 Å². The van der Waals surface area contributed by atoms with Gasteiger partial charge in [-0.05, 0) is 26.2 Å². The van der Waals surface area contributed by atoms with Crippen LogP contribution >= 0.6 is 0 Å². The zero-order valence-electron chi connectivity index (χ0n) is 7.68. The molecule has 0 N–H and O–H groups in total. The minimum Gasteiger partial charge on any atom is -0.463 e. The lowest BCUT2D eigenvalue weighted by Gasteiger charge is -2.38. The van der Waals surface area contributed by atoms with E-state index in [4.69, 9.17) is 4.74 Å². The highest BCUT2D eigenvalue weighted by molar-refractivity contribution is 5.81. The van der Waals surface area contributed by atoms with Crippen molar-refractivity contribution in [3.63, 3.8) is 0 Å². The number of hydrogen-bond acceptors (Lipinski definition) is 2. The van der Waals surface area contributed by atoms with Gasteiger partial charge in [-0.3, -0.25) is 0 Å². The largest absolute Gasteiger partial charge is 0.463 e. The number of esters is 1. The third-order valence-electron chi connectivity index (χ3n) is 3.06. The Kier molecular flexibility index (Phi) is 1.90. The average molecular weight is 184 g/mol. The minimum atomic E-state index is -1.73. The van der Waals surface area contributed by atoms with Gasteiger partial charge < -0.3 is 4.74 Å². The second-order valence-electron chi connectivity index (χ2n) is 3.83. The van der Waals surface area contributed by atoms with Gasteiger partial charge in [0.15, 0.2) is 0 Å². The summed E-state index contributed by atoms with van der Waals surface area (Å²) in [4.78, 5) is 11.3. The van der Waals surface area contributed by atoms with Crippen LogP contribution in [0.4, 0.5) is 4.39 Å². The molecule has 0 unspecified atom stereocenters. The minimum absolute atomic E-state index is 0.234. The van der Waals surface area contributed by atoms with Gasteiger partial charge in [0.1, 0.15) is 0 Å². The molecule has 1 aliphatic heterocycles. The van der Waals surface area contributed by atoms with E-state index < -0.39 is 11.6 Å². The van der Waals surface area contributed by atoms with Crippen molar-refractivity contribution in [3.8, 4) is 0 Å².